The highest BCUT2D eigenvalue weighted by atomic mass is 16.6. The molecule has 3 rings (SSSR count). The fourth-order valence-corrected chi connectivity index (χ4v) is 2.42. The number of hydrogen-bond donors (Lipinski definition) is 2. The van der Waals surface area contributed by atoms with Crippen molar-refractivity contribution >= 4 is 28.7 Å². The van der Waals surface area contributed by atoms with Crippen LogP contribution in [0.2, 0.25) is 0 Å². The summed E-state index contributed by atoms with van der Waals surface area (Å²) in [7, 11) is 0. The summed E-state index contributed by atoms with van der Waals surface area (Å²) in [6.07, 6.45) is 0. The van der Waals surface area contributed by atoms with Crippen LogP contribution in [0.15, 0.2) is 72.8 Å². The highest BCUT2D eigenvalue weighted by Gasteiger charge is 2.11. The molecule has 0 atom stereocenters. The molecule has 0 aromatic heterocycles. The monoisotopic (exact) mass is 347 g/mol. The van der Waals surface area contributed by atoms with Crippen molar-refractivity contribution in [1.29, 1.82) is 0 Å². The minimum absolute atomic E-state index is 0.0528. The van der Waals surface area contributed by atoms with Gasteiger partial charge in [-0.2, -0.15) is 0 Å². The van der Waals surface area contributed by atoms with Gasteiger partial charge < -0.3 is 10.6 Å². The van der Waals surface area contributed by atoms with Crippen LogP contribution in [0, 0.1) is 17.0 Å². The second kappa shape index (κ2) is 7.48. The Morgan fingerprint density at radius 2 is 1.50 bits per heavy atom. The van der Waals surface area contributed by atoms with Gasteiger partial charge in [0.05, 0.1) is 16.3 Å². The van der Waals surface area contributed by atoms with Gasteiger partial charge in [0.2, 0.25) is 0 Å². The van der Waals surface area contributed by atoms with E-state index < -0.39 is 4.92 Å². The predicted molar refractivity (Wildman–Crippen MR) is 102 cm³/mol. The number of nitrogens with zero attached hydrogens (tertiary/aromatic N) is 1. The molecule has 6 nitrogen and oxygen atoms in total. The van der Waals surface area contributed by atoms with Crippen LogP contribution in [0.5, 0.6) is 0 Å². The quantitative estimate of drug-likeness (QED) is 0.508. The number of nitro benzene ring substituents is 1. The van der Waals surface area contributed by atoms with Gasteiger partial charge in [0, 0.05) is 23.4 Å². The lowest BCUT2D eigenvalue weighted by Gasteiger charge is -2.13. The van der Waals surface area contributed by atoms with Crippen LogP contribution in [-0.2, 0) is 0 Å². The number of carbonyl (C=O) groups is 1. The fraction of sp³-hybridized carbons (Fsp3) is 0.0500. The summed E-state index contributed by atoms with van der Waals surface area (Å²) in [5, 5.41) is 16.8. The molecule has 3 aromatic carbocycles. The Balaban J connectivity index is 1.78. The summed E-state index contributed by atoms with van der Waals surface area (Å²) in [5.41, 5.74) is 3.75. The van der Waals surface area contributed by atoms with E-state index in [1.807, 2.05) is 49.4 Å². The number of rotatable bonds is 5. The van der Waals surface area contributed by atoms with Gasteiger partial charge in [-0.15, -0.1) is 0 Å². The van der Waals surface area contributed by atoms with E-state index in [2.05, 4.69) is 10.6 Å². The first-order chi connectivity index (χ1) is 12.5. The number of non-ortho nitro benzene ring substituents is 1. The van der Waals surface area contributed by atoms with Gasteiger partial charge in [-0.25, -0.2) is 0 Å². The van der Waals surface area contributed by atoms with Crippen molar-refractivity contribution < 1.29 is 9.72 Å². The van der Waals surface area contributed by atoms with Crippen molar-refractivity contribution in [3.63, 3.8) is 0 Å². The number of hydrogen-bond acceptors (Lipinski definition) is 4. The number of amides is 1. The Morgan fingerprint density at radius 1 is 0.885 bits per heavy atom. The largest absolute Gasteiger partial charge is 0.354 e. The summed E-state index contributed by atoms with van der Waals surface area (Å²) < 4.78 is 0. The molecule has 3 aromatic rings. The smallest absolute Gasteiger partial charge is 0.269 e. The van der Waals surface area contributed by atoms with Gasteiger partial charge in [0.25, 0.3) is 11.6 Å². The summed E-state index contributed by atoms with van der Waals surface area (Å²) in [5.74, 6) is -0.335. The minimum atomic E-state index is -0.498. The van der Waals surface area contributed by atoms with Crippen molar-refractivity contribution in [2.24, 2.45) is 0 Å². The first-order valence-corrected chi connectivity index (χ1v) is 8.01. The van der Waals surface area contributed by atoms with Crippen LogP contribution in [-0.4, -0.2) is 10.8 Å². The molecule has 0 spiro atoms. The van der Waals surface area contributed by atoms with Crippen LogP contribution >= 0.6 is 0 Å². The maximum absolute atomic E-state index is 12.4. The predicted octanol–water partition coefficient (Wildman–Crippen LogP) is 4.90. The van der Waals surface area contributed by atoms with E-state index in [1.54, 1.807) is 6.07 Å². The van der Waals surface area contributed by atoms with E-state index in [1.165, 1.54) is 24.3 Å². The third-order valence-electron chi connectivity index (χ3n) is 3.85. The van der Waals surface area contributed by atoms with Gasteiger partial charge in [0.1, 0.15) is 0 Å². The standard InChI is InChI=1S/C20H17N3O3/c1-14-6-10-16(11-7-14)21-18-4-2-3-5-19(18)22-20(24)15-8-12-17(13-9-15)23(25)26/h2-13,21H,1H3,(H,22,24). The van der Waals surface area contributed by atoms with Gasteiger partial charge in [-0.05, 0) is 43.3 Å². The first-order valence-electron chi connectivity index (χ1n) is 8.01. The molecule has 2 N–H and O–H groups in total. The van der Waals surface area contributed by atoms with Gasteiger partial charge in [0.15, 0.2) is 0 Å². The zero-order valence-electron chi connectivity index (χ0n) is 14.1. The first kappa shape index (κ1) is 17.2. The number of carbonyl (C=O) groups excluding carboxylic acids is 1. The molecule has 0 unspecified atom stereocenters. The Labute approximate surface area is 150 Å². The number of aryl methyl sites for hydroxylation is 1. The van der Waals surface area contributed by atoms with E-state index >= 15 is 0 Å². The summed E-state index contributed by atoms with van der Waals surface area (Å²) in [4.78, 5) is 22.6. The van der Waals surface area contributed by atoms with Gasteiger partial charge in [-0.1, -0.05) is 29.8 Å². The lowest BCUT2D eigenvalue weighted by Crippen LogP contribution is -2.13. The van der Waals surface area contributed by atoms with Crippen molar-refractivity contribution in [3.05, 3.63) is 94.0 Å². The van der Waals surface area contributed by atoms with Gasteiger partial charge >= 0.3 is 0 Å². The van der Waals surface area contributed by atoms with E-state index in [0.717, 1.165) is 16.9 Å². The zero-order valence-corrected chi connectivity index (χ0v) is 14.1. The number of anilines is 3. The number of para-hydroxylation sites is 2. The average Bonchev–Trinajstić information content (AvgIpc) is 2.65. The molecule has 130 valence electrons. The number of nitro groups is 1. The third-order valence-corrected chi connectivity index (χ3v) is 3.85. The number of benzene rings is 3. The normalized spacial score (nSPS) is 10.2. The van der Waals surface area contributed by atoms with Gasteiger partial charge in [-0.3, -0.25) is 14.9 Å². The summed E-state index contributed by atoms with van der Waals surface area (Å²) in [6, 6.07) is 20.8. The Morgan fingerprint density at radius 3 is 2.12 bits per heavy atom. The molecule has 0 aliphatic rings. The molecule has 1 amide bonds. The topological polar surface area (TPSA) is 84.3 Å². The molecule has 0 radical (unpaired) electrons. The maximum Gasteiger partial charge on any atom is 0.269 e. The molecule has 0 aliphatic carbocycles. The van der Waals surface area contributed by atoms with Crippen molar-refractivity contribution in [2.45, 2.75) is 6.92 Å². The van der Waals surface area contributed by atoms with E-state index in [0.29, 0.717) is 11.3 Å². The zero-order chi connectivity index (χ0) is 18.5. The molecule has 0 saturated heterocycles. The Bertz CT molecular complexity index is 935. The Kier molecular flexibility index (Phi) is 4.94. The molecule has 26 heavy (non-hydrogen) atoms. The highest BCUT2D eigenvalue weighted by Crippen LogP contribution is 2.26. The molecule has 0 saturated carbocycles. The molecular formula is C20H17N3O3. The van der Waals surface area contributed by atoms with Crippen LogP contribution in [0.3, 0.4) is 0 Å². The van der Waals surface area contributed by atoms with Crippen molar-refractivity contribution in [3.8, 4) is 0 Å². The minimum Gasteiger partial charge on any atom is -0.354 e. The SMILES string of the molecule is Cc1ccc(Nc2ccccc2NC(=O)c2ccc([N+](=O)[O-])cc2)cc1. The summed E-state index contributed by atoms with van der Waals surface area (Å²) in [6.45, 7) is 2.02. The van der Waals surface area contributed by atoms with Crippen molar-refractivity contribution in [2.75, 3.05) is 10.6 Å². The Hall–Kier alpha value is -3.67. The highest BCUT2D eigenvalue weighted by molar-refractivity contribution is 6.06. The second-order valence-electron chi connectivity index (χ2n) is 5.79. The molecular weight excluding hydrogens is 330 g/mol. The molecule has 6 heteroatoms. The molecule has 0 aliphatic heterocycles. The lowest BCUT2D eigenvalue weighted by molar-refractivity contribution is -0.384. The van der Waals surface area contributed by atoms with Crippen molar-refractivity contribution in [1.82, 2.24) is 0 Å². The van der Waals surface area contributed by atoms with Crippen LogP contribution < -0.4 is 10.6 Å². The van der Waals surface area contributed by atoms with Crippen LogP contribution in [0.25, 0.3) is 0 Å². The summed E-state index contributed by atoms with van der Waals surface area (Å²) >= 11 is 0. The maximum atomic E-state index is 12.4. The van der Waals surface area contributed by atoms with E-state index in [9.17, 15) is 14.9 Å². The third kappa shape index (κ3) is 4.05. The molecule has 0 bridgehead atoms. The lowest BCUT2D eigenvalue weighted by atomic mass is 10.1. The van der Waals surface area contributed by atoms with Crippen LogP contribution in [0.4, 0.5) is 22.7 Å². The second-order valence-corrected chi connectivity index (χ2v) is 5.79. The number of nitrogens with one attached hydrogen (secondary N) is 2. The van der Waals surface area contributed by atoms with Crippen LogP contribution in [0.1, 0.15) is 15.9 Å². The fourth-order valence-electron chi connectivity index (χ4n) is 2.42. The molecule has 0 heterocycles. The van der Waals surface area contributed by atoms with E-state index in [-0.39, 0.29) is 11.6 Å². The van der Waals surface area contributed by atoms with E-state index in [4.69, 9.17) is 0 Å². The molecule has 0 fully saturated rings. The average molecular weight is 347 g/mol.